The van der Waals surface area contributed by atoms with E-state index in [4.69, 9.17) is 9.73 Å². The van der Waals surface area contributed by atoms with Crippen molar-refractivity contribution in [2.24, 2.45) is 10.9 Å². The molecule has 0 heterocycles. The minimum absolute atomic E-state index is 0.111. The van der Waals surface area contributed by atoms with Gasteiger partial charge in [0.15, 0.2) is 0 Å². The molecule has 1 unspecified atom stereocenters. The van der Waals surface area contributed by atoms with Crippen LogP contribution in [0.1, 0.15) is 31.9 Å². The predicted molar refractivity (Wildman–Crippen MR) is 103 cm³/mol. The van der Waals surface area contributed by atoms with E-state index < -0.39 is 0 Å². The van der Waals surface area contributed by atoms with Gasteiger partial charge in [-0.25, -0.2) is 4.79 Å². The highest BCUT2D eigenvalue weighted by atomic mass is 16.5. The Morgan fingerprint density at radius 3 is 1.96 bits per heavy atom. The second kappa shape index (κ2) is 9.58. The summed E-state index contributed by atoms with van der Waals surface area (Å²) in [5.74, 6) is -0.0718. The van der Waals surface area contributed by atoms with E-state index in [2.05, 4.69) is 38.1 Å². The molecule has 0 radical (unpaired) electrons. The number of carbonyl (C=O) groups excluding carboxylic acids is 1. The van der Waals surface area contributed by atoms with Crippen LogP contribution in [0.15, 0.2) is 77.8 Å². The van der Waals surface area contributed by atoms with Gasteiger partial charge in [0.1, 0.15) is 0 Å². The van der Waals surface area contributed by atoms with E-state index in [-0.39, 0.29) is 17.9 Å². The SMILES string of the molecule is CCOC(=O)/C=C/C(N=C(c1ccccc1)c1ccccc1)C(C)C. The van der Waals surface area contributed by atoms with Gasteiger partial charge in [0.05, 0.1) is 18.4 Å². The van der Waals surface area contributed by atoms with Gasteiger partial charge in [-0.2, -0.15) is 0 Å². The lowest BCUT2D eigenvalue weighted by Crippen LogP contribution is -2.15. The maximum absolute atomic E-state index is 11.6. The van der Waals surface area contributed by atoms with Crippen LogP contribution in [0, 0.1) is 5.92 Å². The summed E-state index contributed by atoms with van der Waals surface area (Å²) in [7, 11) is 0. The number of esters is 1. The molecule has 0 fully saturated rings. The number of benzene rings is 2. The van der Waals surface area contributed by atoms with Gasteiger partial charge in [-0.15, -0.1) is 0 Å². The van der Waals surface area contributed by atoms with Gasteiger partial charge in [-0.1, -0.05) is 80.6 Å². The summed E-state index contributed by atoms with van der Waals surface area (Å²) >= 11 is 0. The highest BCUT2D eigenvalue weighted by Crippen LogP contribution is 2.16. The van der Waals surface area contributed by atoms with Crippen molar-refractivity contribution < 1.29 is 9.53 Å². The number of hydrogen-bond acceptors (Lipinski definition) is 3. The fourth-order valence-electron chi connectivity index (χ4n) is 2.44. The van der Waals surface area contributed by atoms with E-state index in [0.29, 0.717) is 6.61 Å². The number of rotatable bonds is 7. The Morgan fingerprint density at radius 2 is 1.52 bits per heavy atom. The van der Waals surface area contributed by atoms with Crippen molar-refractivity contribution in [3.05, 3.63) is 83.9 Å². The molecule has 3 heteroatoms. The molecule has 25 heavy (non-hydrogen) atoms. The van der Waals surface area contributed by atoms with E-state index in [9.17, 15) is 4.79 Å². The van der Waals surface area contributed by atoms with E-state index in [1.54, 1.807) is 6.92 Å². The summed E-state index contributed by atoms with van der Waals surface area (Å²) in [5, 5.41) is 0. The molecule has 0 aliphatic rings. The standard InChI is InChI=1S/C22H25NO2/c1-4-25-21(24)16-15-20(17(2)3)23-22(18-11-7-5-8-12-18)19-13-9-6-10-14-19/h5-17,20H,4H2,1-3H3/b16-15+. The topological polar surface area (TPSA) is 38.7 Å². The molecule has 0 saturated heterocycles. The smallest absolute Gasteiger partial charge is 0.330 e. The van der Waals surface area contributed by atoms with E-state index in [1.807, 2.05) is 42.5 Å². The van der Waals surface area contributed by atoms with Crippen molar-refractivity contribution in [1.82, 2.24) is 0 Å². The lowest BCUT2D eigenvalue weighted by atomic mass is 9.99. The van der Waals surface area contributed by atoms with Crippen LogP contribution in [0.3, 0.4) is 0 Å². The van der Waals surface area contributed by atoms with Crippen LogP contribution < -0.4 is 0 Å². The molecule has 0 aliphatic carbocycles. The fourth-order valence-corrected chi connectivity index (χ4v) is 2.44. The zero-order valence-corrected chi connectivity index (χ0v) is 15.1. The molecule has 0 amide bonds. The van der Waals surface area contributed by atoms with Gasteiger partial charge in [0.2, 0.25) is 0 Å². The van der Waals surface area contributed by atoms with Crippen LogP contribution in [-0.2, 0) is 9.53 Å². The average Bonchev–Trinajstić information content (AvgIpc) is 2.63. The van der Waals surface area contributed by atoms with Crippen LogP contribution in [0.4, 0.5) is 0 Å². The van der Waals surface area contributed by atoms with Crippen molar-refractivity contribution in [3.8, 4) is 0 Å². The van der Waals surface area contributed by atoms with E-state index in [0.717, 1.165) is 16.8 Å². The molecule has 2 aromatic rings. The van der Waals surface area contributed by atoms with Crippen LogP contribution in [0.2, 0.25) is 0 Å². The molecular formula is C22H25NO2. The minimum Gasteiger partial charge on any atom is -0.463 e. The third-order valence-electron chi connectivity index (χ3n) is 3.77. The molecule has 0 saturated carbocycles. The van der Waals surface area contributed by atoms with Crippen LogP contribution in [0.5, 0.6) is 0 Å². The molecule has 0 bridgehead atoms. The zero-order chi connectivity index (χ0) is 18.1. The summed E-state index contributed by atoms with van der Waals surface area (Å²) in [6, 6.07) is 20.1. The molecule has 3 nitrogen and oxygen atoms in total. The molecule has 0 aliphatic heterocycles. The van der Waals surface area contributed by atoms with Crippen molar-refractivity contribution in [2.45, 2.75) is 26.8 Å². The van der Waals surface area contributed by atoms with Crippen LogP contribution in [0.25, 0.3) is 0 Å². The van der Waals surface area contributed by atoms with Crippen molar-refractivity contribution in [2.75, 3.05) is 6.61 Å². The second-order valence-electron chi connectivity index (χ2n) is 6.06. The number of carbonyl (C=O) groups is 1. The average molecular weight is 335 g/mol. The van der Waals surface area contributed by atoms with Gasteiger partial charge in [0, 0.05) is 17.2 Å². The largest absolute Gasteiger partial charge is 0.463 e. The van der Waals surface area contributed by atoms with E-state index in [1.165, 1.54) is 6.08 Å². The highest BCUT2D eigenvalue weighted by Gasteiger charge is 2.13. The molecule has 0 aromatic heterocycles. The monoisotopic (exact) mass is 335 g/mol. The molecule has 130 valence electrons. The first-order chi connectivity index (χ1) is 12.1. The van der Waals surface area contributed by atoms with Crippen molar-refractivity contribution in [3.63, 3.8) is 0 Å². The first kappa shape index (κ1) is 18.7. The Hall–Kier alpha value is -2.68. The van der Waals surface area contributed by atoms with Crippen molar-refractivity contribution in [1.29, 1.82) is 0 Å². The molecule has 2 aromatic carbocycles. The van der Waals surface area contributed by atoms with E-state index >= 15 is 0 Å². The first-order valence-corrected chi connectivity index (χ1v) is 8.65. The lowest BCUT2D eigenvalue weighted by Gasteiger charge is -2.16. The number of hydrogen-bond donors (Lipinski definition) is 0. The summed E-state index contributed by atoms with van der Waals surface area (Å²) in [4.78, 5) is 16.6. The van der Waals surface area contributed by atoms with Gasteiger partial charge in [-0.3, -0.25) is 4.99 Å². The van der Waals surface area contributed by atoms with Gasteiger partial charge >= 0.3 is 5.97 Å². The molecular weight excluding hydrogens is 310 g/mol. The van der Waals surface area contributed by atoms with Crippen molar-refractivity contribution >= 4 is 11.7 Å². The molecule has 0 N–H and O–H groups in total. The Labute approximate surface area is 150 Å². The Balaban J connectivity index is 2.41. The summed E-state index contributed by atoms with van der Waals surface area (Å²) in [5.41, 5.74) is 3.04. The third-order valence-corrected chi connectivity index (χ3v) is 3.77. The normalized spacial score (nSPS) is 12.2. The summed E-state index contributed by atoms with van der Waals surface area (Å²) in [6.07, 6.45) is 3.31. The maximum Gasteiger partial charge on any atom is 0.330 e. The molecule has 1 atom stereocenters. The predicted octanol–water partition coefficient (Wildman–Crippen LogP) is 4.67. The first-order valence-electron chi connectivity index (χ1n) is 8.65. The zero-order valence-electron chi connectivity index (χ0n) is 15.1. The summed E-state index contributed by atoms with van der Waals surface area (Å²) < 4.78 is 4.97. The maximum atomic E-state index is 11.6. The fraction of sp³-hybridized carbons (Fsp3) is 0.273. The Bertz CT molecular complexity index is 677. The molecule has 2 rings (SSSR count). The Kier molecular flexibility index (Phi) is 7.15. The summed E-state index contributed by atoms with van der Waals surface area (Å²) in [6.45, 7) is 6.36. The third kappa shape index (κ3) is 5.71. The van der Waals surface area contributed by atoms with Crippen LogP contribution >= 0.6 is 0 Å². The molecule has 0 spiro atoms. The number of aliphatic imine (C=N–C) groups is 1. The lowest BCUT2D eigenvalue weighted by molar-refractivity contribution is -0.137. The van der Waals surface area contributed by atoms with Crippen LogP contribution in [-0.4, -0.2) is 24.3 Å². The number of nitrogens with zero attached hydrogens (tertiary/aromatic N) is 1. The van der Waals surface area contributed by atoms with Gasteiger partial charge < -0.3 is 4.74 Å². The Morgan fingerprint density at radius 1 is 1.00 bits per heavy atom. The quantitative estimate of drug-likeness (QED) is 0.419. The van der Waals surface area contributed by atoms with Gasteiger partial charge in [-0.05, 0) is 12.8 Å². The minimum atomic E-state index is -0.329. The highest BCUT2D eigenvalue weighted by molar-refractivity contribution is 6.13. The van der Waals surface area contributed by atoms with Gasteiger partial charge in [0.25, 0.3) is 0 Å². The second-order valence-corrected chi connectivity index (χ2v) is 6.06. The number of ether oxygens (including phenoxy) is 1.